The molecule has 6 aromatic heterocycles. The van der Waals surface area contributed by atoms with E-state index in [0.717, 1.165) is 12.1 Å². The van der Waals surface area contributed by atoms with Gasteiger partial charge in [0.15, 0.2) is 47.8 Å². The lowest BCUT2D eigenvalue weighted by Gasteiger charge is -2.32. The van der Waals surface area contributed by atoms with E-state index in [0.29, 0.717) is 40.4 Å². The first-order valence-corrected chi connectivity index (χ1v) is 17.6. The Morgan fingerprint density at radius 1 is 0.677 bits per heavy atom. The zero-order valence-electron chi connectivity index (χ0n) is 32.3. The summed E-state index contributed by atoms with van der Waals surface area (Å²) in [6.45, 7) is 4.64. The molecule has 0 saturated carbocycles. The number of aromatic nitrogens is 10. The van der Waals surface area contributed by atoms with Crippen LogP contribution in [0.3, 0.4) is 0 Å². The normalized spacial score (nSPS) is 14.3. The van der Waals surface area contributed by atoms with Gasteiger partial charge in [-0.1, -0.05) is 26.5 Å². The lowest BCUT2D eigenvalue weighted by atomic mass is 9.80. The molecule has 0 bridgehead atoms. The average Bonchev–Trinajstić information content (AvgIpc) is 3.82. The number of alkyl halides is 6. The van der Waals surface area contributed by atoms with Crippen LogP contribution in [0.4, 0.5) is 35.1 Å². The highest BCUT2D eigenvalue weighted by atomic mass is 35.5. The molecule has 0 amide bonds. The number of nitrogens with zero attached hydrogens (tertiary/aromatic N) is 10. The second-order valence-electron chi connectivity index (χ2n) is 13.5. The monoisotopic (exact) mass is 908 g/mol. The topological polar surface area (TPSA) is 167 Å². The summed E-state index contributed by atoms with van der Waals surface area (Å²) in [5, 5.41) is 24.3. The van der Waals surface area contributed by atoms with Crippen LogP contribution in [0.25, 0.3) is 22.6 Å². The molecule has 338 valence electrons. The molecular weight excluding hydrogens is 867 g/mol. The number of hydrogen-bond donors (Lipinski definition) is 0. The van der Waals surface area contributed by atoms with E-state index in [1.807, 2.05) is 27.7 Å². The first-order valence-electron chi connectivity index (χ1n) is 17.2. The minimum absolute atomic E-state index is 0. The van der Waals surface area contributed by atoms with Gasteiger partial charge < -0.3 is 28.3 Å². The molecule has 1 fully saturated rings. The van der Waals surface area contributed by atoms with Gasteiger partial charge in [-0.2, -0.15) is 45.6 Å². The van der Waals surface area contributed by atoms with Crippen molar-refractivity contribution in [2.24, 2.45) is 0 Å². The Morgan fingerprint density at radius 3 is 1.61 bits per heavy atom. The summed E-state index contributed by atoms with van der Waals surface area (Å²) in [6.07, 6.45) is -6.79. The highest BCUT2D eigenvalue weighted by Gasteiger charge is 2.52. The van der Waals surface area contributed by atoms with Crippen LogP contribution >= 0.6 is 11.6 Å². The van der Waals surface area contributed by atoms with E-state index < -0.39 is 67.3 Å². The molecule has 7 rings (SSSR count). The maximum absolute atomic E-state index is 13.9. The molecule has 0 atom stereocenters. The van der Waals surface area contributed by atoms with Crippen molar-refractivity contribution in [1.82, 2.24) is 49.6 Å². The molecule has 62 heavy (non-hydrogen) atoms. The molecule has 0 N–H and O–H groups in total. The average molecular weight is 909 g/mol. The van der Waals surface area contributed by atoms with Gasteiger partial charge in [-0.25, -0.2) is 18.7 Å². The van der Waals surface area contributed by atoms with Crippen LogP contribution in [0.15, 0.2) is 48.8 Å². The fraction of sp³-hybridized carbons (Fsp3) is 0.444. The molecule has 16 nitrogen and oxygen atoms in total. The molecule has 1 aliphatic heterocycles. The van der Waals surface area contributed by atoms with Gasteiger partial charge in [-0.05, 0) is 64.1 Å². The maximum atomic E-state index is 13.9. The van der Waals surface area contributed by atoms with Crippen molar-refractivity contribution in [3.8, 4) is 23.0 Å². The van der Waals surface area contributed by atoms with Gasteiger partial charge in [0.2, 0.25) is 0 Å². The van der Waals surface area contributed by atoms with E-state index in [1.54, 1.807) is 35.9 Å². The number of pyridine rings is 2. The van der Waals surface area contributed by atoms with Gasteiger partial charge >= 0.3 is 19.5 Å². The summed E-state index contributed by atoms with van der Waals surface area (Å²) >= 11 is 5.72. The molecule has 0 spiro atoms. The lowest BCUT2D eigenvalue weighted by Crippen LogP contribution is -2.41. The molecule has 1 aliphatic rings. The SMILES string of the molecule is C.C.CC1(C)OB(c2cnc(OCC(F)(F)F)c(F)c2)OC1(C)C.COCc1nnc2ccc(-c3cnc(OCC(F)(F)F)c(F)c3)nn12.COCc1nnc2ccc(Cl)nn12. The first-order chi connectivity index (χ1) is 28.1. The molecule has 0 aliphatic carbocycles. The predicted octanol–water partition coefficient (Wildman–Crippen LogP) is 7.07. The Bertz CT molecular complexity index is 2390. The molecule has 1 saturated heterocycles. The quantitative estimate of drug-likeness (QED) is 0.101. The van der Waals surface area contributed by atoms with E-state index >= 15 is 0 Å². The fourth-order valence-corrected chi connectivity index (χ4v) is 5.00. The molecule has 6 aromatic rings. The van der Waals surface area contributed by atoms with Gasteiger partial charge in [-0.15, -0.1) is 20.4 Å². The zero-order valence-corrected chi connectivity index (χ0v) is 33.1. The van der Waals surface area contributed by atoms with Gasteiger partial charge in [0, 0.05) is 37.6 Å². The number of methoxy groups -OCH3 is 2. The molecule has 26 heteroatoms. The van der Waals surface area contributed by atoms with E-state index in [4.69, 9.17) is 30.4 Å². The van der Waals surface area contributed by atoms with Gasteiger partial charge in [0.05, 0.1) is 16.9 Å². The van der Waals surface area contributed by atoms with E-state index in [-0.39, 0.29) is 32.5 Å². The van der Waals surface area contributed by atoms with Gasteiger partial charge in [0.25, 0.3) is 11.8 Å². The van der Waals surface area contributed by atoms with Crippen LogP contribution < -0.4 is 14.9 Å². The number of rotatable bonds is 10. The summed E-state index contributed by atoms with van der Waals surface area (Å²) in [5.74, 6) is -2.39. The van der Waals surface area contributed by atoms with Crippen LogP contribution in [-0.4, -0.2) is 108 Å². The van der Waals surface area contributed by atoms with Crippen molar-refractivity contribution in [2.45, 2.75) is 79.3 Å². The van der Waals surface area contributed by atoms with Crippen LogP contribution in [-0.2, 0) is 32.0 Å². The molecule has 0 radical (unpaired) electrons. The summed E-state index contributed by atoms with van der Waals surface area (Å²) in [5.41, 5.74) is 0.773. The zero-order chi connectivity index (χ0) is 44.0. The second-order valence-corrected chi connectivity index (χ2v) is 13.9. The minimum Gasteiger partial charge on any atom is -0.466 e. The van der Waals surface area contributed by atoms with E-state index in [9.17, 15) is 35.1 Å². The summed E-state index contributed by atoms with van der Waals surface area (Å²) in [7, 11) is 2.24. The summed E-state index contributed by atoms with van der Waals surface area (Å²) < 4.78 is 133. The first kappa shape index (κ1) is 51.0. The number of hydrogen-bond acceptors (Lipinski definition) is 14. The van der Waals surface area contributed by atoms with E-state index in [2.05, 4.69) is 50.0 Å². The predicted molar refractivity (Wildman–Crippen MR) is 208 cm³/mol. The van der Waals surface area contributed by atoms with E-state index in [1.165, 1.54) is 24.0 Å². The van der Waals surface area contributed by atoms with Crippen LogP contribution in [0.5, 0.6) is 11.8 Å². The highest BCUT2D eigenvalue weighted by molar-refractivity contribution is 6.62. The van der Waals surface area contributed by atoms with Crippen LogP contribution in [0, 0.1) is 11.6 Å². The lowest BCUT2D eigenvalue weighted by molar-refractivity contribution is -0.155. The van der Waals surface area contributed by atoms with Gasteiger partial charge in [0.1, 0.15) is 18.4 Å². The van der Waals surface area contributed by atoms with Crippen molar-refractivity contribution >= 4 is 35.5 Å². The Balaban J connectivity index is 0.000000254. The molecule has 7 heterocycles. The molecule has 0 unspecified atom stereocenters. The van der Waals surface area contributed by atoms with Crippen molar-refractivity contribution < 1.29 is 63.4 Å². The van der Waals surface area contributed by atoms with Crippen LogP contribution in [0.2, 0.25) is 5.15 Å². The second kappa shape index (κ2) is 20.7. The smallest absolute Gasteiger partial charge is 0.466 e. The third kappa shape index (κ3) is 13.1. The standard InChI is InChI=1S/C14H11F4N5O2.C13H16BF4NO3.C7H7ClN4O.2CH4/c1-24-6-12-21-20-11-3-2-10(22-23(11)12)8-4-9(15)13(19-5-8)25-7-14(16,17)18;1-11(2)12(3,4)22-14(21-11)8-5-9(15)10(19-6-8)20-7-13(16,17)18;1-13-4-7-10-9-6-3-2-5(8)11-12(6)7;;/h2-5H,6-7H2,1H3;5-6H,7H2,1-4H3;2-3H,4H2,1H3;2*1H4. The largest absolute Gasteiger partial charge is 0.496 e. The minimum atomic E-state index is -4.58. The molecule has 0 aromatic carbocycles. The highest BCUT2D eigenvalue weighted by Crippen LogP contribution is 2.36. The Kier molecular flexibility index (Phi) is 17.0. The third-order valence-corrected chi connectivity index (χ3v) is 8.57. The van der Waals surface area contributed by atoms with Crippen molar-refractivity contribution in [2.75, 3.05) is 27.4 Å². The van der Waals surface area contributed by atoms with Gasteiger partial charge in [-0.3, -0.25) is 0 Å². The van der Waals surface area contributed by atoms with Crippen molar-refractivity contribution in [3.05, 3.63) is 77.2 Å². The van der Waals surface area contributed by atoms with Crippen molar-refractivity contribution in [1.29, 1.82) is 0 Å². The van der Waals surface area contributed by atoms with Crippen LogP contribution in [0.1, 0.15) is 54.2 Å². The number of halogens is 9. The molecular formula is C36H42BClF8N10O6. The number of ether oxygens (including phenoxy) is 4. The Hall–Kier alpha value is -5.37. The van der Waals surface area contributed by atoms with Crippen molar-refractivity contribution in [3.63, 3.8) is 0 Å². The Labute approximate surface area is 355 Å². The number of fused-ring (bicyclic) bond motifs is 2. The third-order valence-electron chi connectivity index (χ3n) is 8.37. The Morgan fingerprint density at radius 2 is 1.15 bits per heavy atom. The maximum Gasteiger partial charge on any atom is 0.496 e. The summed E-state index contributed by atoms with van der Waals surface area (Å²) in [6, 6.07) is 8.59. The summed E-state index contributed by atoms with van der Waals surface area (Å²) in [4.78, 5) is 7.15. The fourth-order valence-electron chi connectivity index (χ4n) is 4.86.